The molecule has 2 aromatic carbocycles. The fourth-order valence-corrected chi connectivity index (χ4v) is 2.65. The van der Waals surface area contributed by atoms with E-state index in [1.807, 2.05) is 12.1 Å². The third-order valence-electron chi connectivity index (χ3n) is 3.89. The highest BCUT2D eigenvalue weighted by Crippen LogP contribution is 2.32. The molecule has 0 saturated carbocycles. The van der Waals surface area contributed by atoms with E-state index >= 15 is 0 Å². The molecular weight excluding hydrogens is 234 g/mol. The van der Waals surface area contributed by atoms with Crippen molar-refractivity contribution < 1.29 is 4.74 Å². The summed E-state index contributed by atoms with van der Waals surface area (Å²) in [6.45, 7) is 2.73. The number of hydrogen-bond acceptors (Lipinski definition) is 2. The molecule has 0 aromatic heterocycles. The van der Waals surface area contributed by atoms with E-state index < -0.39 is 0 Å². The van der Waals surface area contributed by atoms with E-state index in [-0.39, 0.29) is 6.04 Å². The summed E-state index contributed by atoms with van der Waals surface area (Å²) in [4.78, 5) is 0. The van der Waals surface area contributed by atoms with Crippen LogP contribution in [0.15, 0.2) is 42.5 Å². The quantitative estimate of drug-likeness (QED) is 0.908. The van der Waals surface area contributed by atoms with Gasteiger partial charge in [-0.25, -0.2) is 0 Å². The van der Waals surface area contributed by atoms with Crippen LogP contribution < -0.4 is 10.5 Å². The Morgan fingerprint density at radius 2 is 2.05 bits per heavy atom. The number of nitrogens with two attached hydrogens (primary N) is 1. The topological polar surface area (TPSA) is 35.2 Å². The van der Waals surface area contributed by atoms with Gasteiger partial charge in [0.1, 0.15) is 12.4 Å². The molecule has 1 atom stereocenters. The second-order valence-electron chi connectivity index (χ2n) is 5.22. The normalized spacial score (nSPS) is 17.3. The number of ether oxygens (including phenoxy) is 1. The molecule has 3 rings (SSSR count). The standard InChI is InChI=1S/C17H19NO/c1-12-4-2-3-5-14(12)11-19-15-7-8-16-13(10-15)6-9-17(16)18/h2-5,7-8,10,17H,6,9,11,18H2,1H3/t17-/m1/s1. The van der Waals surface area contributed by atoms with Gasteiger partial charge >= 0.3 is 0 Å². The van der Waals surface area contributed by atoms with Crippen LogP contribution in [0.3, 0.4) is 0 Å². The Hall–Kier alpha value is -1.80. The number of rotatable bonds is 3. The molecule has 0 spiro atoms. The lowest BCUT2D eigenvalue weighted by Gasteiger charge is -2.10. The van der Waals surface area contributed by atoms with Gasteiger partial charge in [-0.05, 0) is 54.2 Å². The Balaban J connectivity index is 1.73. The maximum absolute atomic E-state index is 6.04. The number of hydrogen-bond donors (Lipinski definition) is 1. The Morgan fingerprint density at radius 1 is 1.21 bits per heavy atom. The molecule has 98 valence electrons. The molecule has 1 aliphatic carbocycles. The first-order chi connectivity index (χ1) is 9.24. The Bertz CT molecular complexity index is 592. The van der Waals surface area contributed by atoms with E-state index in [1.54, 1.807) is 0 Å². The minimum Gasteiger partial charge on any atom is -0.489 e. The number of fused-ring (bicyclic) bond motifs is 1. The summed E-state index contributed by atoms with van der Waals surface area (Å²) in [6, 6.07) is 14.8. The molecule has 2 nitrogen and oxygen atoms in total. The van der Waals surface area contributed by atoms with Gasteiger partial charge in [0.25, 0.3) is 0 Å². The van der Waals surface area contributed by atoms with Crippen molar-refractivity contribution >= 4 is 0 Å². The van der Waals surface area contributed by atoms with Gasteiger partial charge in [0.05, 0.1) is 0 Å². The maximum Gasteiger partial charge on any atom is 0.120 e. The van der Waals surface area contributed by atoms with Gasteiger partial charge in [-0.1, -0.05) is 30.3 Å². The molecular formula is C17H19NO. The molecule has 1 aliphatic rings. The van der Waals surface area contributed by atoms with Crippen LogP contribution in [0, 0.1) is 6.92 Å². The zero-order valence-corrected chi connectivity index (χ0v) is 11.2. The highest BCUT2D eigenvalue weighted by Gasteiger charge is 2.19. The Kier molecular flexibility index (Phi) is 3.26. The fourth-order valence-electron chi connectivity index (χ4n) is 2.65. The first-order valence-electron chi connectivity index (χ1n) is 6.80. The van der Waals surface area contributed by atoms with Gasteiger partial charge in [-0.15, -0.1) is 0 Å². The van der Waals surface area contributed by atoms with E-state index in [0.717, 1.165) is 18.6 Å². The van der Waals surface area contributed by atoms with Crippen LogP contribution in [0.25, 0.3) is 0 Å². The van der Waals surface area contributed by atoms with E-state index in [4.69, 9.17) is 10.5 Å². The van der Waals surface area contributed by atoms with Gasteiger partial charge in [-0.2, -0.15) is 0 Å². The molecule has 0 unspecified atom stereocenters. The molecule has 2 aromatic rings. The van der Waals surface area contributed by atoms with Crippen molar-refractivity contribution in [2.24, 2.45) is 5.73 Å². The second-order valence-corrected chi connectivity index (χ2v) is 5.22. The smallest absolute Gasteiger partial charge is 0.120 e. The minimum absolute atomic E-state index is 0.209. The third-order valence-corrected chi connectivity index (χ3v) is 3.89. The molecule has 2 N–H and O–H groups in total. The lowest BCUT2D eigenvalue weighted by Crippen LogP contribution is -2.05. The van der Waals surface area contributed by atoms with Crippen LogP contribution in [-0.4, -0.2) is 0 Å². The van der Waals surface area contributed by atoms with Crippen LogP contribution in [-0.2, 0) is 13.0 Å². The van der Waals surface area contributed by atoms with Crippen LogP contribution >= 0.6 is 0 Å². The van der Waals surface area contributed by atoms with Crippen LogP contribution in [0.1, 0.15) is 34.7 Å². The zero-order valence-electron chi connectivity index (χ0n) is 11.2. The molecule has 0 radical (unpaired) electrons. The lowest BCUT2D eigenvalue weighted by molar-refractivity contribution is 0.305. The Morgan fingerprint density at radius 3 is 2.89 bits per heavy atom. The first kappa shape index (κ1) is 12.2. The van der Waals surface area contributed by atoms with Gasteiger partial charge in [0, 0.05) is 6.04 Å². The predicted octanol–water partition coefficient (Wildman–Crippen LogP) is 3.52. The lowest BCUT2D eigenvalue weighted by atomic mass is 10.1. The summed E-state index contributed by atoms with van der Waals surface area (Å²) < 4.78 is 5.89. The number of aryl methyl sites for hydroxylation is 2. The fraction of sp³-hybridized carbons (Fsp3) is 0.294. The molecule has 0 fully saturated rings. The SMILES string of the molecule is Cc1ccccc1COc1ccc2c(c1)CC[C@H]2N. The van der Waals surface area contributed by atoms with Crippen molar-refractivity contribution in [2.75, 3.05) is 0 Å². The summed E-state index contributed by atoms with van der Waals surface area (Å²) in [5.74, 6) is 0.941. The van der Waals surface area contributed by atoms with Gasteiger partial charge < -0.3 is 10.5 Å². The van der Waals surface area contributed by atoms with Crippen LogP contribution in [0.5, 0.6) is 5.75 Å². The van der Waals surface area contributed by atoms with E-state index in [9.17, 15) is 0 Å². The van der Waals surface area contributed by atoms with E-state index in [0.29, 0.717) is 6.61 Å². The van der Waals surface area contributed by atoms with Crippen LogP contribution in [0.2, 0.25) is 0 Å². The molecule has 0 aliphatic heterocycles. The molecule has 0 amide bonds. The molecule has 19 heavy (non-hydrogen) atoms. The van der Waals surface area contributed by atoms with Crippen molar-refractivity contribution in [3.05, 3.63) is 64.7 Å². The van der Waals surface area contributed by atoms with Gasteiger partial charge in [-0.3, -0.25) is 0 Å². The van der Waals surface area contributed by atoms with Crippen molar-refractivity contribution in [2.45, 2.75) is 32.4 Å². The zero-order chi connectivity index (χ0) is 13.2. The van der Waals surface area contributed by atoms with Gasteiger partial charge in [0.2, 0.25) is 0 Å². The molecule has 0 heterocycles. The Labute approximate surface area is 114 Å². The summed E-state index contributed by atoms with van der Waals surface area (Å²) in [7, 11) is 0. The summed E-state index contributed by atoms with van der Waals surface area (Å²) >= 11 is 0. The maximum atomic E-state index is 6.04. The summed E-state index contributed by atoms with van der Waals surface area (Å²) in [5, 5.41) is 0. The summed E-state index contributed by atoms with van der Waals surface area (Å²) in [5.41, 5.74) is 11.2. The molecule has 0 saturated heterocycles. The van der Waals surface area contributed by atoms with Crippen molar-refractivity contribution in [1.82, 2.24) is 0 Å². The first-order valence-corrected chi connectivity index (χ1v) is 6.80. The van der Waals surface area contributed by atoms with Crippen molar-refractivity contribution in [3.63, 3.8) is 0 Å². The van der Waals surface area contributed by atoms with Crippen molar-refractivity contribution in [1.29, 1.82) is 0 Å². The third kappa shape index (κ3) is 2.49. The highest BCUT2D eigenvalue weighted by molar-refractivity contribution is 5.40. The average molecular weight is 253 g/mol. The summed E-state index contributed by atoms with van der Waals surface area (Å²) in [6.07, 6.45) is 2.12. The predicted molar refractivity (Wildman–Crippen MR) is 77.2 cm³/mol. The highest BCUT2D eigenvalue weighted by atomic mass is 16.5. The second kappa shape index (κ2) is 5.06. The molecule has 0 bridgehead atoms. The average Bonchev–Trinajstić information content (AvgIpc) is 2.79. The molecule has 2 heteroatoms. The van der Waals surface area contributed by atoms with E-state index in [2.05, 4.69) is 37.3 Å². The van der Waals surface area contributed by atoms with Crippen LogP contribution in [0.4, 0.5) is 0 Å². The largest absolute Gasteiger partial charge is 0.489 e. The minimum atomic E-state index is 0.209. The van der Waals surface area contributed by atoms with E-state index in [1.165, 1.54) is 22.3 Å². The van der Waals surface area contributed by atoms with Crippen molar-refractivity contribution in [3.8, 4) is 5.75 Å². The van der Waals surface area contributed by atoms with Gasteiger partial charge in [0.15, 0.2) is 0 Å². The number of benzene rings is 2. The monoisotopic (exact) mass is 253 g/mol.